The summed E-state index contributed by atoms with van der Waals surface area (Å²) in [5, 5.41) is 3.72. The highest BCUT2D eigenvalue weighted by molar-refractivity contribution is 6.36. The molecular formula is C12H13Cl2N3O. The fourth-order valence-corrected chi connectivity index (χ4v) is 2.30. The van der Waals surface area contributed by atoms with Crippen LogP contribution in [0.5, 0.6) is 0 Å². The van der Waals surface area contributed by atoms with Crippen LogP contribution in [0.1, 0.15) is 29.5 Å². The quantitative estimate of drug-likeness (QED) is 0.942. The number of fused-ring (bicyclic) bond motifs is 1. The lowest BCUT2D eigenvalue weighted by Gasteiger charge is -2.05. The molecule has 0 aliphatic rings. The molecule has 1 amide bonds. The van der Waals surface area contributed by atoms with Gasteiger partial charge in [-0.15, -0.1) is 0 Å². The lowest BCUT2D eigenvalue weighted by atomic mass is 10.3. The largest absolute Gasteiger partial charge is 0.351 e. The van der Waals surface area contributed by atoms with Crippen molar-refractivity contribution >= 4 is 34.8 Å². The van der Waals surface area contributed by atoms with Gasteiger partial charge in [0.2, 0.25) is 0 Å². The smallest absolute Gasteiger partial charge is 0.270 e. The van der Waals surface area contributed by atoms with Crippen LogP contribution in [0.2, 0.25) is 10.0 Å². The number of amides is 1. The molecule has 18 heavy (non-hydrogen) atoms. The summed E-state index contributed by atoms with van der Waals surface area (Å²) >= 11 is 12.0. The predicted octanol–water partition coefficient (Wildman–Crippen LogP) is 3.09. The Bertz CT molecular complexity index is 607. The molecule has 0 spiro atoms. The van der Waals surface area contributed by atoms with Crippen molar-refractivity contribution in [1.29, 1.82) is 0 Å². The summed E-state index contributed by atoms with van der Waals surface area (Å²) in [5.41, 5.74) is 1.65. The van der Waals surface area contributed by atoms with Gasteiger partial charge in [-0.05, 0) is 19.4 Å². The molecule has 2 heterocycles. The first-order valence-electron chi connectivity index (χ1n) is 5.66. The van der Waals surface area contributed by atoms with Gasteiger partial charge >= 0.3 is 0 Å². The van der Waals surface area contributed by atoms with E-state index in [1.54, 1.807) is 23.6 Å². The number of halogens is 2. The number of nitrogens with zero attached hydrogens (tertiary/aromatic N) is 2. The van der Waals surface area contributed by atoms with Crippen LogP contribution in [-0.2, 0) is 0 Å². The predicted molar refractivity (Wildman–Crippen MR) is 72.6 cm³/mol. The van der Waals surface area contributed by atoms with E-state index < -0.39 is 0 Å². The lowest BCUT2D eigenvalue weighted by Crippen LogP contribution is -2.26. The molecular weight excluding hydrogens is 273 g/mol. The van der Waals surface area contributed by atoms with Crippen LogP contribution in [0.4, 0.5) is 0 Å². The Balaban J connectivity index is 2.56. The van der Waals surface area contributed by atoms with Gasteiger partial charge in [0.1, 0.15) is 5.69 Å². The van der Waals surface area contributed by atoms with E-state index in [1.165, 1.54) is 0 Å². The Morgan fingerprint density at radius 2 is 2.22 bits per heavy atom. The molecule has 0 aliphatic carbocycles. The Hall–Kier alpha value is -1.26. The maximum Gasteiger partial charge on any atom is 0.270 e. The molecule has 0 saturated carbocycles. The van der Waals surface area contributed by atoms with Gasteiger partial charge in [-0.1, -0.05) is 30.1 Å². The van der Waals surface area contributed by atoms with Crippen molar-refractivity contribution in [3.63, 3.8) is 0 Å². The number of hydrogen-bond donors (Lipinski definition) is 1. The zero-order valence-corrected chi connectivity index (χ0v) is 11.6. The minimum atomic E-state index is -0.166. The molecule has 0 saturated heterocycles. The van der Waals surface area contributed by atoms with Crippen molar-refractivity contribution in [2.75, 3.05) is 6.54 Å². The number of carbonyl (C=O) groups excluding carboxylic acids is 1. The van der Waals surface area contributed by atoms with Crippen molar-refractivity contribution in [2.24, 2.45) is 0 Å². The van der Waals surface area contributed by atoms with Gasteiger partial charge in [0, 0.05) is 12.7 Å². The van der Waals surface area contributed by atoms with E-state index in [-0.39, 0.29) is 5.91 Å². The van der Waals surface area contributed by atoms with Crippen molar-refractivity contribution in [3.8, 4) is 0 Å². The zero-order chi connectivity index (χ0) is 13.3. The van der Waals surface area contributed by atoms with Crippen molar-refractivity contribution in [2.45, 2.75) is 20.3 Å². The van der Waals surface area contributed by atoms with Crippen molar-refractivity contribution in [1.82, 2.24) is 14.7 Å². The van der Waals surface area contributed by atoms with Gasteiger partial charge in [0.15, 0.2) is 5.65 Å². The topological polar surface area (TPSA) is 46.4 Å². The Morgan fingerprint density at radius 1 is 1.50 bits per heavy atom. The Morgan fingerprint density at radius 3 is 2.89 bits per heavy atom. The van der Waals surface area contributed by atoms with E-state index in [4.69, 9.17) is 23.2 Å². The molecule has 4 nitrogen and oxygen atoms in total. The number of aromatic nitrogens is 2. The van der Waals surface area contributed by atoms with Gasteiger partial charge in [0.25, 0.3) is 5.91 Å². The standard InChI is InChI=1S/C12H13Cl2N3O/c1-3-4-15-12(18)10-7(2)16-11-9(14)5-8(13)6-17(10)11/h5-6H,3-4H2,1-2H3,(H,15,18). The molecule has 0 unspecified atom stereocenters. The number of aryl methyl sites for hydroxylation is 1. The summed E-state index contributed by atoms with van der Waals surface area (Å²) in [6.07, 6.45) is 2.52. The van der Waals surface area contributed by atoms with E-state index in [2.05, 4.69) is 10.3 Å². The summed E-state index contributed by atoms with van der Waals surface area (Å²) in [5.74, 6) is -0.166. The highest BCUT2D eigenvalue weighted by atomic mass is 35.5. The molecule has 2 rings (SSSR count). The third-order valence-electron chi connectivity index (χ3n) is 2.57. The summed E-state index contributed by atoms with van der Waals surface area (Å²) < 4.78 is 1.63. The van der Waals surface area contributed by atoms with Gasteiger partial charge in [-0.2, -0.15) is 0 Å². The third-order valence-corrected chi connectivity index (χ3v) is 3.05. The fraction of sp³-hybridized carbons (Fsp3) is 0.333. The molecule has 96 valence electrons. The summed E-state index contributed by atoms with van der Waals surface area (Å²) in [6.45, 7) is 4.40. The number of pyridine rings is 1. The van der Waals surface area contributed by atoms with Gasteiger partial charge in [0.05, 0.1) is 15.7 Å². The van der Waals surface area contributed by atoms with Crippen molar-refractivity contribution in [3.05, 3.63) is 33.7 Å². The first-order chi connectivity index (χ1) is 8.54. The first-order valence-corrected chi connectivity index (χ1v) is 6.42. The Kier molecular flexibility index (Phi) is 3.78. The average Bonchev–Trinajstić information content (AvgIpc) is 2.63. The highest BCUT2D eigenvalue weighted by Crippen LogP contribution is 2.24. The molecule has 0 aromatic carbocycles. The van der Waals surface area contributed by atoms with Crippen LogP contribution in [0, 0.1) is 6.92 Å². The number of imidazole rings is 1. The minimum Gasteiger partial charge on any atom is -0.351 e. The van der Waals surface area contributed by atoms with Gasteiger partial charge in [-0.3, -0.25) is 9.20 Å². The molecule has 0 aliphatic heterocycles. The molecule has 0 radical (unpaired) electrons. The monoisotopic (exact) mass is 285 g/mol. The zero-order valence-electron chi connectivity index (χ0n) is 10.1. The minimum absolute atomic E-state index is 0.166. The van der Waals surface area contributed by atoms with E-state index in [1.807, 2.05) is 6.92 Å². The number of hydrogen-bond acceptors (Lipinski definition) is 2. The third kappa shape index (κ3) is 2.31. The summed E-state index contributed by atoms with van der Waals surface area (Å²) in [4.78, 5) is 16.4. The number of carbonyl (C=O) groups is 1. The van der Waals surface area contributed by atoms with Crippen LogP contribution in [0.3, 0.4) is 0 Å². The molecule has 2 aromatic rings. The second-order valence-electron chi connectivity index (χ2n) is 4.00. The number of nitrogens with one attached hydrogen (secondary N) is 1. The van der Waals surface area contributed by atoms with E-state index in [0.717, 1.165) is 6.42 Å². The highest BCUT2D eigenvalue weighted by Gasteiger charge is 2.18. The summed E-state index contributed by atoms with van der Waals surface area (Å²) in [7, 11) is 0. The van der Waals surface area contributed by atoms with E-state index >= 15 is 0 Å². The van der Waals surface area contributed by atoms with Crippen LogP contribution < -0.4 is 5.32 Å². The van der Waals surface area contributed by atoms with Crippen LogP contribution in [-0.4, -0.2) is 21.8 Å². The molecule has 0 bridgehead atoms. The van der Waals surface area contributed by atoms with E-state index in [0.29, 0.717) is 33.6 Å². The SMILES string of the molecule is CCCNC(=O)c1c(C)nc2c(Cl)cc(Cl)cn12. The molecule has 6 heteroatoms. The van der Waals surface area contributed by atoms with E-state index in [9.17, 15) is 4.79 Å². The second-order valence-corrected chi connectivity index (χ2v) is 4.85. The fourth-order valence-electron chi connectivity index (χ4n) is 1.78. The normalized spacial score (nSPS) is 10.9. The van der Waals surface area contributed by atoms with Crippen LogP contribution in [0.25, 0.3) is 5.65 Å². The molecule has 0 atom stereocenters. The molecule has 0 fully saturated rings. The van der Waals surface area contributed by atoms with Crippen LogP contribution in [0.15, 0.2) is 12.3 Å². The lowest BCUT2D eigenvalue weighted by molar-refractivity contribution is 0.0947. The Labute approximate surface area is 115 Å². The molecule has 1 N–H and O–H groups in total. The van der Waals surface area contributed by atoms with Gasteiger partial charge in [-0.25, -0.2) is 4.98 Å². The maximum atomic E-state index is 12.1. The first kappa shape index (κ1) is 13.2. The average molecular weight is 286 g/mol. The number of rotatable bonds is 3. The molecule has 2 aromatic heterocycles. The van der Waals surface area contributed by atoms with Crippen LogP contribution >= 0.6 is 23.2 Å². The van der Waals surface area contributed by atoms with Crippen molar-refractivity contribution < 1.29 is 4.79 Å². The maximum absolute atomic E-state index is 12.1. The second kappa shape index (κ2) is 5.16. The van der Waals surface area contributed by atoms with Gasteiger partial charge < -0.3 is 5.32 Å². The summed E-state index contributed by atoms with van der Waals surface area (Å²) in [6, 6.07) is 1.61.